The van der Waals surface area contributed by atoms with Gasteiger partial charge in [-0.1, -0.05) is 19.1 Å². The average molecular weight is 220 g/mol. The normalized spacial score (nSPS) is 10.5. The van der Waals surface area contributed by atoms with Gasteiger partial charge in [0.25, 0.3) is 0 Å². The van der Waals surface area contributed by atoms with Crippen LogP contribution in [0.4, 0.5) is 0 Å². The van der Waals surface area contributed by atoms with E-state index in [1.54, 1.807) is 4.68 Å². The highest BCUT2D eigenvalue weighted by atomic mass is 32.1. The van der Waals surface area contributed by atoms with Gasteiger partial charge in [0.05, 0.1) is 0 Å². The SMILES string of the molecule is CCc1cc(=S)nc(-c2ccn(C)n2)[nH]1. The van der Waals surface area contributed by atoms with Gasteiger partial charge in [-0.15, -0.1) is 0 Å². The lowest BCUT2D eigenvalue weighted by molar-refractivity contribution is 0.768. The second kappa shape index (κ2) is 3.94. The molecule has 0 bridgehead atoms. The molecule has 1 N–H and O–H groups in total. The van der Waals surface area contributed by atoms with E-state index in [4.69, 9.17) is 12.2 Å². The van der Waals surface area contributed by atoms with Crippen LogP contribution in [-0.4, -0.2) is 19.7 Å². The number of aromatic nitrogens is 4. The lowest BCUT2D eigenvalue weighted by Gasteiger charge is -2.00. The van der Waals surface area contributed by atoms with Crippen molar-refractivity contribution in [1.29, 1.82) is 0 Å². The predicted molar refractivity (Wildman–Crippen MR) is 61.0 cm³/mol. The molecule has 5 heteroatoms. The minimum absolute atomic E-state index is 0.603. The van der Waals surface area contributed by atoms with Crippen molar-refractivity contribution in [1.82, 2.24) is 19.7 Å². The fourth-order valence-electron chi connectivity index (χ4n) is 1.36. The van der Waals surface area contributed by atoms with Crippen molar-refractivity contribution in [2.75, 3.05) is 0 Å². The van der Waals surface area contributed by atoms with E-state index in [-0.39, 0.29) is 0 Å². The van der Waals surface area contributed by atoms with Crippen LogP contribution in [0.3, 0.4) is 0 Å². The monoisotopic (exact) mass is 220 g/mol. The smallest absolute Gasteiger partial charge is 0.159 e. The van der Waals surface area contributed by atoms with E-state index in [0.717, 1.165) is 23.6 Å². The molecule has 2 rings (SSSR count). The van der Waals surface area contributed by atoms with E-state index in [2.05, 4.69) is 22.0 Å². The van der Waals surface area contributed by atoms with Crippen molar-refractivity contribution in [3.63, 3.8) is 0 Å². The molecule has 2 heterocycles. The third kappa shape index (κ3) is 2.12. The fraction of sp³-hybridized carbons (Fsp3) is 0.300. The molecule has 2 aromatic heterocycles. The molecular formula is C10H12N4S. The topological polar surface area (TPSA) is 46.5 Å². The highest BCUT2D eigenvalue weighted by molar-refractivity contribution is 7.71. The standard InChI is InChI=1S/C10H12N4S/c1-3-7-6-9(15)12-10(11-7)8-4-5-14(2)13-8/h4-6H,3H2,1-2H3,(H,11,12,15). The first-order valence-electron chi connectivity index (χ1n) is 4.79. The Morgan fingerprint density at radius 3 is 2.93 bits per heavy atom. The maximum Gasteiger partial charge on any atom is 0.159 e. The molecule has 0 amide bonds. The van der Waals surface area contributed by atoms with Gasteiger partial charge in [0.2, 0.25) is 0 Å². The number of hydrogen-bond donors (Lipinski definition) is 1. The molecule has 0 unspecified atom stereocenters. The second-order valence-electron chi connectivity index (χ2n) is 3.32. The van der Waals surface area contributed by atoms with Gasteiger partial charge in [0, 0.05) is 18.9 Å². The zero-order chi connectivity index (χ0) is 10.8. The van der Waals surface area contributed by atoms with Crippen molar-refractivity contribution in [2.45, 2.75) is 13.3 Å². The largest absolute Gasteiger partial charge is 0.342 e. The summed E-state index contributed by atoms with van der Waals surface area (Å²) in [6.45, 7) is 2.07. The van der Waals surface area contributed by atoms with E-state index in [0.29, 0.717) is 4.64 Å². The third-order valence-corrected chi connectivity index (χ3v) is 2.34. The number of nitrogens with zero attached hydrogens (tertiary/aromatic N) is 3. The maximum absolute atomic E-state index is 5.09. The van der Waals surface area contributed by atoms with Gasteiger partial charge in [-0.3, -0.25) is 4.68 Å². The Balaban J connectivity index is 2.53. The summed E-state index contributed by atoms with van der Waals surface area (Å²) in [5.74, 6) is 0.736. The molecule has 0 aliphatic rings. The average Bonchev–Trinajstić information content (AvgIpc) is 2.64. The Hall–Kier alpha value is -1.49. The number of nitrogens with one attached hydrogen (secondary N) is 1. The van der Waals surface area contributed by atoms with Crippen LogP contribution in [0, 0.1) is 4.64 Å². The lowest BCUT2D eigenvalue weighted by Crippen LogP contribution is -1.96. The van der Waals surface area contributed by atoms with Gasteiger partial charge < -0.3 is 4.98 Å². The Morgan fingerprint density at radius 1 is 1.53 bits per heavy atom. The van der Waals surface area contributed by atoms with Gasteiger partial charge in [0.1, 0.15) is 10.3 Å². The molecule has 0 radical (unpaired) electrons. The first-order valence-corrected chi connectivity index (χ1v) is 5.20. The van der Waals surface area contributed by atoms with Crippen molar-refractivity contribution in [2.24, 2.45) is 7.05 Å². The van der Waals surface area contributed by atoms with Gasteiger partial charge in [-0.2, -0.15) is 5.10 Å². The lowest BCUT2D eigenvalue weighted by atomic mass is 10.3. The molecular weight excluding hydrogens is 208 g/mol. The predicted octanol–water partition coefficient (Wildman–Crippen LogP) is 2.10. The Bertz CT molecular complexity index is 526. The number of hydrogen-bond acceptors (Lipinski definition) is 3. The second-order valence-corrected chi connectivity index (χ2v) is 3.74. The Labute approximate surface area is 93.0 Å². The summed E-state index contributed by atoms with van der Waals surface area (Å²) < 4.78 is 2.35. The van der Waals surface area contributed by atoms with E-state index in [1.165, 1.54) is 0 Å². The zero-order valence-electron chi connectivity index (χ0n) is 8.69. The fourth-order valence-corrected chi connectivity index (χ4v) is 1.59. The van der Waals surface area contributed by atoms with Crippen LogP contribution in [0.15, 0.2) is 18.3 Å². The van der Waals surface area contributed by atoms with Crippen LogP contribution in [0.5, 0.6) is 0 Å². The zero-order valence-corrected chi connectivity index (χ0v) is 9.51. The summed E-state index contributed by atoms with van der Waals surface area (Å²) in [7, 11) is 1.88. The third-order valence-electron chi connectivity index (χ3n) is 2.14. The summed E-state index contributed by atoms with van der Waals surface area (Å²) in [5, 5.41) is 4.27. The summed E-state index contributed by atoms with van der Waals surface area (Å²) in [6.07, 6.45) is 2.79. The van der Waals surface area contributed by atoms with E-state index in [1.807, 2.05) is 25.4 Å². The molecule has 4 nitrogen and oxygen atoms in total. The molecule has 78 valence electrons. The van der Waals surface area contributed by atoms with Crippen LogP contribution in [0.2, 0.25) is 0 Å². The molecule has 0 fully saturated rings. The number of H-pyrrole nitrogens is 1. The van der Waals surface area contributed by atoms with Gasteiger partial charge in [-0.05, 0) is 18.6 Å². The molecule has 0 aliphatic heterocycles. The number of rotatable bonds is 2. The van der Waals surface area contributed by atoms with Crippen LogP contribution < -0.4 is 0 Å². The first-order chi connectivity index (χ1) is 7.19. The minimum Gasteiger partial charge on any atom is -0.342 e. The van der Waals surface area contributed by atoms with Crippen molar-refractivity contribution < 1.29 is 0 Å². The molecule has 0 atom stereocenters. The highest BCUT2D eigenvalue weighted by Gasteiger charge is 2.04. The van der Waals surface area contributed by atoms with Crippen LogP contribution in [-0.2, 0) is 13.5 Å². The van der Waals surface area contributed by atoms with Crippen molar-refractivity contribution >= 4 is 12.2 Å². The Morgan fingerprint density at radius 2 is 2.33 bits per heavy atom. The molecule has 2 aromatic rings. The molecule has 0 spiro atoms. The summed E-state index contributed by atoms with van der Waals surface area (Å²) in [6, 6.07) is 3.79. The molecule has 0 aromatic carbocycles. The van der Waals surface area contributed by atoms with Gasteiger partial charge >= 0.3 is 0 Å². The molecule has 15 heavy (non-hydrogen) atoms. The van der Waals surface area contributed by atoms with Crippen molar-refractivity contribution in [3.05, 3.63) is 28.7 Å². The van der Waals surface area contributed by atoms with Gasteiger partial charge in [-0.25, -0.2) is 4.98 Å². The van der Waals surface area contributed by atoms with Crippen LogP contribution >= 0.6 is 12.2 Å². The van der Waals surface area contributed by atoms with E-state index >= 15 is 0 Å². The van der Waals surface area contributed by atoms with Gasteiger partial charge in [0.15, 0.2) is 5.82 Å². The van der Waals surface area contributed by atoms with Crippen LogP contribution in [0.25, 0.3) is 11.5 Å². The van der Waals surface area contributed by atoms with E-state index in [9.17, 15) is 0 Å². The molecule has 0 saturated heterocycles. The quantitative estimate of drug-likeness (QED) is 0.788. The number of aryl methyl sites for hydroxylation is 2. The van der Waals surface area contributed by atoms with Crippen LogP contribution in [0.1, 0.15) is 12.6 Å². The number of aromatic amines is 1. The Kier molecular flexibility index (Phi) is 2.64. The summed E-state index contributed by atoms with van der Waals surface area (Å²) in [5.41, 5.74) is 1.90. The van der Waals surface area contributed by atoms with E-state index < -0.39 is 0 Å². The summed E-state index contributed by atoms with van der Waals surface area (Å²) in [4.78, 5) is 7.46. The summed E-state index contributed by atoms with van der Waals surface area (Å²) >= 11 is 5.09. The highest BCUT2D eigenvalue weighted by Crippen LogP contribution is 2.11. The molecule has 0 aliphatic carbocycles. The van der Waals surface area contributed by atoms with Crippen molar-refractivity contribution in [3.8, 4) is 11.5 Å². The first kappa shape index (κ1) is 10.0. The molecule has 0 saturated carbocycles. The maximum atomic E-state index is 5.09. The minimum atomic E-state index is 0.603.